The van der Waals surface area contributed by atoms with Crippen molar-refractivity contribution in [3.8, 4) is 0 Å². The molecule has 0 aliphatic carbocycles. The van der Waals surface area contributed by atoms with Gasteiger partial charge < -0.3 is 20.1 Å². The number of nitrogens with one attached hydrogen (secondary N) is 2. The van der Waals surface area contributed by atoms with Crippen LogP contribution in [0, 0.1) is 5.92 Å². The van der Waals surface area contributed by atoms with E-state index in [9.17, 15) is 0 Å². The summed E-state index contributed by atoms with van der Waals surface area (Å²) >= 11 is 0. The van der Waals surface area contributed by atoms with Crippen LogP contribution in [0.15, 0.2) is 11.3 Å². The fraction of sp³-hybridized carbons (Fsp3) is 0.842. The summed E-state index contributed by atoms with van der Waals surface area (Å²) < 4.78 is 2.11. The number of hydrogen-bond acceptors (Lipinski definition) is 4. The first-order valence-electron chi connectivity index (χ1n) is 10.3. The third-order valence-electron chi connectivity index (χ3n) is 4.74. The van der Waals surface area contributed by atoms with E-state index in [0.717, 1.165) is 37.8 Å². The monoisotopic (exact) mass is 363 g/mol. The van der Waals surface area contributed by atoms with Crippen molar-refractivity contribution >= 4 is 5.96 Å². The van der Waals surface area contributed by atoms with Crippen LogP contribution < -0.4 is 10.6 Å². The number of aryl methyl sites for hydroxylation is 1. The summed E-state index contributed by atoms with van der Waals surface area (Å²) in [7, 11) is 0. The molecule has 0 amide bonds. The quantitative estimate of drug-likeness (QED) is 0.518. The van der Waals surface area contributed by atoms with Gasteiger partial charge in [0, 0.05) is 45.2 Å². The highest BCUT2D eigenvalue weighted by Gasteiger charge is 2.19. The fourth-order valence-corrected chi connectivity index (χ4v) is 3.27. The van der Waals surface area contributed by atoms with Crippen molar-refractivity contribution in [2.45, 2.75) is 66.0 Å². The van der Waals surface area contributed by atoms with Gasteiger partial charge in [0.15, 0.2) is 5.96 Å². The molecule has 7 heteroatoms. The first-order valence-corrected chi connectivity index (χ1v) is 10.3. The Hall–Kier alpha value is -1.63. The predicted molar refractivity (Wildman–Crippen MR) is 107 cm³/mol. The fourth-order valence-electron chi connectivity index (χ4n) is 3.27. The van der Waals surface area contributed by atoms with Crippen LogP contribution in [0.3, 0.4) is 0 Å². The third-order valence-corrected chi connectivity index (χ3v) is 4.74. The smallest absolute Gasteiger partial charge is 0.191 e. The van der Waals surface area contributed by atoms with Crippen LogP contribution in [-0.4, -0.2) is 64.4 Å². The lowest BCUT2D eigenvalue weighted by molar-refractivity contribution is 0.206. The summed E-state index contributed by atoms with van der Waals surface area (Å²) in [6, 6.07) is 0.516. The zero-order chi connectivity index (χ0) is 18.8. The Morgan fingerprint density at radius 2 is 2.04 bits per heavy atom. The number of rotatable bonds is 9. The van der Waals surface area contributed by atoms with Gasteiger partial charge in [-0.3, -0.25) is 4.99 Å². The van der Waals surface area contributed by atoms with Crippen LogP contribution >= 0.6 is 0 Å². The van der Waals surface area contributed by atoms with Crippen molar-refractivity contribution in [1.29, 1.82) is 0 Å². The number of aromatic nitrogens is 3. The molecule has 2 N–H and O–H groups in total. The van der Waals surface area contributed by atoms with Crippen molar-refractivity contribution in [2.24, 2.45) is 10.9 Å². The molecule has 0 radical (unpaired) electrons. The summed E-state index contributed by atoms with van der Waals surface area (Å²) in [4.78, 5) is 7.34. The molecule has 0 saturated carbocycles. The molecule has 0 aromatic carbocycles. The first-order chi connectivity index (χ1) is 12.6. The lowest BCUT2D eigenvalue weighted by Crippen LogP contribution is -2.49. The number of nitrogens with zero attached hydrogens (tertiary/aromatic N) is 5. The van der Waals surface area contributed by atoms with Crippen LogP contribution in [0.25, 0.3) is 0 Å². The zero-order valence-corrected chi connectivity index (χ0v) is 17.0. The van der Waals surface area contributed by atoms with Gasteiger partial charge in [0.2, 0.25) is 0 Å². The summed E-state index contributed by atoms with van der Waals surface area (Å²) in [6.45, 7) is 14.9. The number of likely N-dealkylation sites (tertiary alicyclic amines) is 1. The Balaban J connectivity index is 1.83. The highest BCUT2D eigenvalue weighted by atomic mass is 15.3. The number of hydrogen-bond donors (Lipinski definition) is 2. The van der Waals surface area contributed by atoms with Gasteiger partial charge >= 0.3 is 0 Å². The van der Waals surface area contributed by atoms with E-state index < -0.39 is 0 Å². The van der Waals surface area contributed by atoms with E-state index in [4.69, 9.17) is 4.99 Å². The predicted octanol–water partition coefficient (Wildman–Crippen LogP) is 1.91. The topological polar surface area (TPSA) is 70.4 Å². The van der Waals surface area contributed by atoms with Gasteiger partial charge in [-0.05, 0) is 31.7 Å². The van der Waals surface area contributed by atoms with Gasteiger partial charge in [-0.15, -0.1) is 10.2 Å². The molecule has 26 heavy (non-hydrogen) atoms. The van der Waals surface area contributed by atoms with Crippen molar-refractivity contribution < 1.29 is 0 Å². The molecule has 1 aliphatic heterocycles. The summed E-state index contributed by atoms with van der Waals surface area (Å²) in [6.07, 6.45) is 6.33. The minimum atomic E-state index is 0.516. The van der Waals surface area contributed by atoms with E-state index in [1.54, 1.807) is 0 Å². The van der Waals surface area contributed by atoms with E-state index in [1.165, 1.54) is 38.9 Å². The number of piperidine rings is 1. The lowest BCUT2D eigenvalue weighted by Gasteiger charge is -2.33. The van der Waals surface area contributed by atoms with Crippen molar-refractivity contribution in [3.05, 3.63) is 12.2 Å². The van der Waals surface area contributed by atoms with Gasteiger partial charge in [-0.2, -0.15) is 0 Å². The van der Waals surface area contributed by atoms with Crippen molar-refractivity contribution in [1.82, 2.24) is 30.3 Å². The average Bonchev–Trinajstić information content (AvgIpc) is 3.09. The summed E-state index contributed by atoms with van der Waals surface area (Å²) in [5.41, 5.74) is 0. The normalized spacial score (nSPS) is 17.0. The second-order valence-corrected chi connectivity index (χ2v) is 7.56. The molecule has 0 spiro atoms. The van der Waals surface area contributed by atoms with Gasteiger partial charge in [-0.25, -0.2) is 0 Å². The summed E-state index contributed by atoms with van der Waals surface area (Å²) in [5.74, 6) is 2.53. The Bertz CT molecular complexity index is 530. The molecule has 1 aromatic rings. The second-order valence-electron chi connectivity index (χ2n) is 7.56. The maximum atomic E-state index is 4.77. The molecule has 0 bridgehead atoms. The minimum absolute atomic E-state index is 0.516. The van der Waals surface area contributed by atoms with E-state index in [1.807, 2.05) is 6.33 Å². The van der Waals surface area contributed by atoms with Crippen LogP contribution in [0.1, 0.15) is 52.8 Å². The highest BCUT2D eigenvalue weighted by molar-refractivity contribution is 5.80. The molecule has 1 aliphatic rings. The molecule has 0 unspecified atom stereocenters. The SMILES string of the molecule is CCCN1CCC(NC(=NCC(C)C)NCCn2cnnc2CC)CC1. The molecule has 0 atom stereocenters. The van der Waals surface area contributed by atoms with Crippen LogP contribution in [-0.2, 0) is 13.0 Å². The number of guanidine groups is 1. The number of aliphatic imine (C=N–C) groups is 1. The zero-order valence-electron chi connectivity index (χ0n) is 17.0. The Labute approximate surface area is 158 Å². The van der Waals surface area contributed by atoms with Gasteiger partial charge in [0.25, 0.3) is 0 Å². The second kappa shape index (κ2) is 11.2. The molecule has 7 nitrogen and oxygen atoms in total. The molecule has 2 rings (SSSR count). The van der Waals surface area contributed by atoms with Gasteiger partial charge in [0.1, 0.15) is 12.2 Å². The average molecular weight is 364 g/mol. The van der Waals surface area contributed by atoms with E-state index in [-0.39, 0.29) is 0 Å². The van der Waals surface area contributed by atoms with Crippen LogP contribution in [0.2, 0.25) is 0 Å². The Morgan fingerprint density at radius 1 is 1.27 bits per heavy atom. The molecular weight excluding hydrogens is 326 g/mol. The largest absolute Gasteiger partial charge is 0.355 e. The van der Waals surface area contributed by atoms with Gasteiger partial charge in [-0.1, -0.05) is 27.7 Å². The van der Waals surface area contributed by atoms with Crippen molar-refractivity contribution in [2.75, 3.05) is 32.7 Å². The van der Waals surface area contributed by atoms with Gasteiger partial charge in [0.05, 0.1) is 0 Å². The molecule has 1 aromatic heterocycles. The lowest BCUT2D eigenvalue weighted by atomic mass is 10.1. The molecule has 2 heterocycles. The molecule has 1 saturated heterocycles. The standard InChI is InChI=1S/C19H37N7/c1-5-10-25-11-7-17(8-12-25)23-19(21-14-16(3)4)20-9-13-26-15-22-24-18(26)6-2/h15-17H,5-14H2,1-4H3,(H2,20,21,23). The van der Waals surface area contributed by atoms with E-state index in [2.05, 4.69) is 58.0 Å². The highest BCUT2D eigenvalue weighted by Crippen LogP contribution is 2.10. The van der Waals surface area contributed by atoms with Crippen LogP contribution in [0.5, 0.6) is 0 Å². The minimum Gasteiger partial charge on any atom is -0.355 e. The maximum absolute atomic E-state index is 4.77. The third kappa shape index (κ3) is 6.94. The Kier molecular flexibility index (Phi) is 8.88. The van der Waals surface area contributed by atoms with E-state index >= 15 is 0 Å². The van der Waals surface area contributed by atoms with Crippen LogP contribution in [0.4, 0.5) is 0 Å². The van der Waals surface area contributed by atoms with Crippen molar-refractivity contribution in [3.63, 3.8) is 0 Å². The Morgan fingerprint density at radius 3 is 2.69 bits per heavy atom. The molecular formula is C19H37N7. The molecule has 1 fully saturated rings. The maximum Gasteiger partial charge on any atom is 0.191 e. The summed E-state index contributed by atoms with van der Waals surface area (Å²) in [5, 5.41) is 15.3. The van der Waals surface area contributed by atoms with E-state index in [0.29, 0.717) is 12.0 Å². The molecule has 148 valence electrons. The first kappa shape index (κ1) is 20.7.